The fourth-order valence-corrected chi connectivity index (χ4v) is 0.866. The molecule has 0 aliphatic carbocycles. The molecule has 0 unspecified atom stereocenters. The Morgan fingerprint density at radius 2 is 2.50 bits per heavy atom. The van der Waals surface area contributed by atoms with Crippen LogP contribution in [-0.4, -0.2) is 14.7 Å². The van der Waals surface area contributed by atoms with Crippen molar-refractivity contribution in [2.45, 2.75) is 20.1 Å². The minimum absolute atomic E-state index is 0.0127. The smallest absolute Gasteiger partial charge is 0.0952 e. The standard InChI is InChI=1S/C7H11N2O/c1-3-9-5-8-7(4-10)6(9)2/h5,10H,1,3-4H2,2H3. The lowest BCUT2D eigenvalue weighted by Crippen LogP contribution is -1.96. The molecule has 1 aromatic rings. The molecule has 1 radical (unpaired) electrons. The third-order valence-electron chi connectivity index (χ3n) is 1.59. The van der Waals surface area contributed by atoms with Crippen LogP contribution >= 0.6 is 0 Å². The largest absolute Gasteiger partial charge is 0.390 e. The van der Waals surface area contributed by atoms with Gasteiger partial charge in [0.1, 0.15) is 0 Å². The summed E-state index contributed by atoms with van der Waals surface area (Å²) in [5.41, 5.74) is 1.74. The zero-order valence-corrected chi connectivity index (χ0v) is 6.04. The Bertz CT molecular complexity index is 196. The van der Waals surface area contributed by atoms with Gasteiger partial charge in [0.2, 0.25) is 0 Å². The molecule has 0 fully saturated rings. The molecule has 0 saturated heterocycles. The van der Waals surface area contributed by atoms with E-state index in [0.29, 0.717) is 6.54 Å². The SMILES string of the molecule is [CH2]Cn1cnc(CO)c1C. The normalized spacial score (nSPS) is 10.3. The first-order valence-electron chi connectivity index (χ1n) is 3.20. The van der Waals surface area contributed by atoms with Crippen LogP contribution in [0, 0.1) is 13.8 Å². The van der Waals surface area contributed by atoms with E-state index in [2.05, 4.69) is 11.9 Å². The minimum Gasteiger partial charge on any atom is -0.390 e. The quantitative estimate of drug-likeness (QED) is 0.648. The number of nitrogens with zero attached hydrogens (tertiary/aromatic N) is 2. The van der Waals surface area contributed by atoms with Gasteiger partial charge in [-0.05, 0) is 13.8 Å². The van der Waals surface area contributed by atoms with Gasteiger partial charge in [-0.15, -0.1) is 0 Å². The second-order valence-corrected chi connectivity index (χ2v) is 2.13. The van der Waals surface area contributed by atoms with E-state index in [-0.39, 0.29) is 6.61 Å². The molecule has 0 atom stereocenters. The summed E-state index contributed by atoms with van der Waals surface area (Å²) in [6.45, 7) is 6.30. The fourth-order valence-electron chi connectivity index (χ4n) is 0.866. The van der Waals surface area contributed by atoms with E-state index in [4.69, 9.17) is 5.11 Å². The van der Waals surface area contributed by atoms with Crippen molar-refractivity contribution in [2.24, 2.45) is 0 Å². The maximum absolute atomic E-state index is 8.73. The Kier molecular flexibility index (Phi) is 2.06. The molecule has 0 spiro atoms. The molecule has 1 N–H and O–H groups in total. The van der Waals surface area contributed by atoms with Crippen molar-refractivity contribution in [1.29, 1.82) is 0 Å². The maximum Gasteiger partial charge on any atom is 0.0952 e. The highest BCUT2D eigenvalue weighted by atomic mass is 16.3. The molecule has 0 aliphatic rings. The van der Waals surface area contributed by atoms with Gasteiger partial charge in [-0.1, -0.05) is 0 Å². The number of aliphatic hydroxyl groups is 1. The van der Waals surface area contributed by atoms with Gasteiger partial charge in [0.05, 0.1) is 18.6 Å². The van der Waals surface area contributed by atoms with E-state index < -0.39 is 0 Å². The molecule has 0 aliphatic heterocycles. The van der Waals surface area contributed by atoms with Crippen molar-refractivity contribution in [3.05, 3.63) is 24.6 Å². The topological polar surface area (TPSA) is 38.0 Å². The van der Waals surface area contributed by atoms with Crippen molar-refractivity contribution in [3.63, 3.8) is 0 Å². The van der Waals surface area contributed by atoms with E-state index in [1.807, 2.05) is 11.5 Å². The van der Waals surface area contributed by atoms with Crippen LogP contribution in [0.5, 0.6) is 0 Å². The minimum atomic E-state index is 0.0127. The summed E-state index contributed by atoms with van der Waals surface area (Å²) in [5.74, 6) is 0. The van der Waals surface area contributed by atoms with Crippen LogP contribution in [-0.2, 0) is 13.2 Å². The first-order valence-corrected chi connectivity index (χ1v) is 3.20. The molecule has 0 aromatic carbocycles. The van der Waals surface area contributed by atoms with Crippen LogP contribution in [0.4, 0.5) is 0 Å². The summed E-state index contributed by atoms with van der Waals surface area (Å²) < 4.78 is 1.89. The highest BCUT2D eigenvalue weighted by molar-refractivity contribution is 5.09. The molecule has 0 bridgehead atoms. The summed E-state index contributed by atoms with van der Waals surface area (Å²) in [4.78, 5) is 3.98. The molecule has 3 nitrogen and oxygen atoms in total. The first-order chi connectivity index (χ1) is 4.79. The summed E-state index contributed by atoms with van der Waals surface area (Å²) in [7, 11) is 0. The van der Waals surface area contributed by atoms with Gasteiger partial charge in [-0.3, -0.25) is 0 Å². The molecule has 3 heteroatoms. The van der Waals surface area contributed by atoms with Crippen molar-refractivity contribution < 1.29 is 5.11 Å². The summed E-state index contributed by atoms with van der Waals surface area (Å²) in [6, 6.07) is 0. The lowest BCUT2D eigenvalue weighted by molar-refractivity contribution is 0.276. The Hall–Kier alpha value is -0.830. The van der Waals surface area contributed by atoms with Gasteiger partial charge >= 0.3 is 0 Å². The monoisotopic (exact) mass is 139 g/mol. The second kappa shape index (κ2) is 2.84. The average Bonchev–Trinajstić information content (AvgIpc) is 2.30. The van der Waals surface area contributed by atoms with Crippen LogP contribution in [0.1, 0.15) is 11.4 Å². The molecular formula is C7H11N2O. The Morgan fingerprint density at radius 1 is 1.80 bits per heavy atom. The van der Waals surface area contributed by atoms with Crippen LogP contribution in [0.2, 0.25) is 0 Å². The Morgan fingerprint density at radius 3 is 2.80 bits per heavy atom. The molecule has 1 aromatic heterocycles. The molecule has 1 heterocycles. The Labute approximate surface area is 60.3 Å². The van der Waals surface area contributed by atoms with Crippen molar-refractivity contribution >= 4 is 0 Å². The van der Waals surface area contributed by atoms with Gasteiger partial charge in [0.25, 0.3) is 0 Å². The highest BCUT2D eigenvalue weighted by Gasteiger charge is 2.01. The lowest BCUT2D eigenvalue weighted by atomic mass is 10.3. The van der Waals surface area contributed by atoms with Crippen LogP contribution in [0.3, 0.4) is 0 Å². The van der Waals surface area contributed by atoms with E-state index in [1.165, 1.54) is 0 Å². The third kappa shape index (κ3) is 1.04. The van der Waals surface area contributed by atoms with Crippen LogP contribution in [0.15, 0.2) is 6.33 Å². The maximum atomic E-state index is 8.73. The number of hydrogen-bond donors (Lipinski definition) is 1. The third-order valence-corrected chi connectivity index (χ3v) is 1.59. The van der Waals surface area contributed by atoms with Gasteiger partial charge in [0, 0.05) is 12.2 Å². The number of rotatable bonds is 2. The zero-order chi connectivity index (χ0) is 7.56. The molecule has 0 amide bonds. The van der Waals surface area contributed by atoms with Crippen LogP contribution < -0.4 is 0 Å². The molecule has 1 rings (SSSR count). The van der Waals surface area contributed by atoms with Crippen molar-refractivity contribution in [3.8, 4) is 0 Å². The van der Waals surface area contributed by atoms with E-state index >= 15 is 0 Å². The summed E-state index contributed by atoms with van der Waals surface area (Å²) in [6.07, 6.45) is 1.69. The van der Waals surface area contributed by atoms with Crippen LogP contribution in [0.25, 0.3) is 0 Å². The van der Waals surface area contributed by atoms with E-state index in [1.54, 1.807) is 6.33 Å². The predicted octanol–water partition coefficient (Wildman–Crippen LogP) is 0.518. The van der Waals surface area contributed by atoms with Gasteiger partial charge in [0.15, 0.2) is 0 Å². The number of hydrogen-bond acceptors (Lipinski definition) is 2. The van der Waals surface area contributed by atoms with E-state index in [0.717, 1.165) is 11.4 Å². The predicted molar refractivity (Wildman–Crippen MR) is 38.2 cm³/mol. The molecule has 55 valence electrons. The molecular weight excluding hydrogens is 128 g/mol. The number of aromatic nitrogens is 2. The first kappa shape index (κ1) is 7.28. The van der Waals surface area contributed by atoms with E-state index in [9.17, 15) is 0 Å². The second-order valence-electron chi connectivity index (χ2n) is 2.13. The lowest BCUT2D eigenvalue weighted by Gasteiger charge is -1.98. The van der Waals surface area contributed by atoms with Gasteiger partial charge < -0.3 is 9.67 Å². The molecule has 10 heavy (non-hydrogen) atoms. The average molecular weight is 139 g/mol. The fraction of sp³-hybridized carbons (Fsp3) is 0.429. The number of imidazole rings is 1. The van der Waals surface area contributed by atoms with Gasteiger partial charge in [-0.25, -0.2) is 4.98 Å². The molecule has 0 saturated carbocycles. The summed E-state index contributed by atoms with van der Waals surface area (Å²) in [5, 5.41) is 8.73. The Balaban J connectivity index is 2.97. The highest BCUT2D eigenvalue weighted by Crippen LogP contribution is 2.04. The van der Waals surface area contributed by atoms with Crippen molar-refractivity contribution in [2.75, 3.05) is 0 Å². The van der Waals surface area contributed by atoms with Gasteiger partial charge in [-0.2, -0.15) is 0 Å². The zero-order valence-electron chi connectivity index (χ0n) is 6.04. The van der Waals surface area contributed by atoms with Crippen molar-refractivity contribution in [1.82, 2.24) is 9.55 Å². The summed E-state index contributed by atoms with van der Waals surface area (Å²) >= 11 is 0. The number of aliphatic hydroxyl groups excluding tert-OH is 1.